The number of ketones is 1. The predicted molar refractivity (Wildman–Crippen MR) is 69.4 cm³/mol. The van der Waals surface area contributed by atoms with E-state index in [2.05, 4.69) is 5.10 Å². The van der Waals surface area contributed by atoms with E-state index < -0.39 is 0 Å². The van der Waals surface area contributed by atoms with E-state index in [0.29, 0.717) is 23.9 Å². The molecule has 0 aromatic carbocycles. The van der Waals surface area contributed by atoms with E-state index in [9.17, 15) is 4.79 Å². The summed E-state index contributed by atoms with van der Waals surface area (Å²) >= 11 is 6.11. The standard InChI is InChI=1S/C13H17ClN2O3/c1-18-5-4-16-12(10(14)7-15-16)13(17)9-6-8-2-3-11(9)19-8/h7-9,11H,2-6H2,1H3. The number of hydrogen-bond donors (Lipinski definition) is 0. The van der Waals surface area contributed by atoms with Crippen LogP contribution in [0, 0.1) is 5.92 Å². The van der Waals surface area contributed by atoms with Crippen LogP contribution in [-0.2, 0) is 16.0 Å². The lowest BCUT2D eigenvalue weighted by molar-refractivity contribution is 0.0733. The minimum atomic E-state index is -0.0609. The number of methoxy groups -OCH3 is 1. The fourth-order valence-corrected chi connectivity index (χ4v) is 3.28. The molecule has 2 bridgehead atoms. The zero-order valence-corrected chi connectivity index (χ0v) is 11.6. The van der Waals surface area contributed by atoms with Crippen LogP contribution in [0.4, 0.5) is 0 Å². The molecule has 3 rings (SSSR count). The lowest BCUT2D eigenvalue weighted by Gasteiger charge is -2.18. The van der Waals surface area contributed by atoms with Gasteiger partial charge in [0.15, 0.2) is 5.78 Å². The van der Waals surface area contributed by atoms with Gasteiger partial charge in [0.05, 0.1) is 42.5 Å². The largest absolute Gasteiger partial charge is 0.383 e. The van der Waals surface area contributed by atoms with Crippen molar-refractivity contribution in [1.29, 1.82) is 0 Å². The first kappa shape index (κ1) is 13.1. The van der Waals surface area contributed by atoms with Crippen LogP contribution >= 0.6 is 11.6 Å². The summed E-state index contributed by atoms with van der Waals surface area (Å²) in [6.07, 6.45) is 4.72. The number of Topliss-reactive ketones (excluding diaryl/α,β-unsaturated/α-hetero) is 1. The average molecular weight is 285 g/mol. The quantitative estimate of drug-likeness (QED) is 0.776. The summed E-state index contributed by atoms with van der Waals surface area (Å²) in [7, 11) is 1.62. The molecule has 5 nitrogen and oxygen atoms in total. The molecule has 1 aromatic rings. The van der Waals surface area contributed by atoms with Crippen LogP contribution in [0.25, 0.3) is 0 Å². The minimum Gasteiger partial charge on any atom is -0.383 e. The molecule has 0 aliphatic carbocycles. The van der Waals surface area contributed by atoms with E-state index in [1.54, 1.807) is 11.8 Å². The zero-order valence-electron chi connectivity index (χ0n) is 10.8. The summed E-state index contributed by atoms with van der Waals surface area (Å²) < 4.78 is 12.4. The second-order valence-electron chi connectivity index (χ2n) is 5.14. The molecule has 2 aliphatic heterocycles. The van der Waals surface area contributed by atoms with Crippen molar-refractivity contribution in [3.05, 3.63) is 16.9 Å². The van der Waals surface area contributed by atoms with E-state index in [1.807, 2.05) is 0 Å². The highest BCUT2D eigenvalue weighted by atomic mass is 35.5. The third-order valence-corrected chi connectivity index (χ3v) is 4.25. The molecule has 2 fully saturated rings. The molecule has 0 saturated carbocycles. The van der Waals surface area contributed by atoms with Gasteiger partial charge in [0.2, 0.25) is 0 Å². The number of rotatable bonds is 5. The molecular weight excluding hydrogens is 268 g/mol. The highest BCUT2D eigenvalue weighted by Gasteiger charge is 2.45. The van der Waals surface area contributed by atoms with Gasteiger partial charge < -0.3 is 9.47 Å². The van der Waals surface area contributed by atoms with Crippen LogP contribution < -0.4 is 0 Å². The number of aromatic nitrogens is 2. The van der Waals surface area contributed by atoms with Gasteiger partial charge in [0, 0.05) is 7.11 Å². The zero-order chi connectivity index (χ0) is 13.4. The second kappa shape index (κ2) is 5.23. The molecule has 2 aliphatic rings. The molecule has 104 valence electrons. The molecule has 0 amide bonds. The Balaban J connectivity index is 1.81. The van der Waals surface area contributed by atoms with Gasteiger partial charge in [0.25, 0.3) is 0 Å². The van der Waals surface area contributed by atoms with Crippen molar-refractivity contribution in [3.63, 3.8) is 0 Å². The number of hydrogen-bond acceptors (Lipinski definition) is 4. The van der Waals surface area contributed by atoms with Crippen molar-refractivity contribution in [2.24, 2.45) is 5.92 Å². The third kappa shape index (κ3) is 2.30. The lowest BCUT2D eigenvalue weighted by Crippen LogP contribution is -2.28. The van der Waals surface area contributed by atoms with Crippen molar-refractivity contribution in [2.75, 3.05) is 13.7 Å². The normalized spacial score (nSPS) is 29.1. The number of ether oxygens (including phenoxy) is 2. The van der Waals surface area contributed by atoms with Crippen molar-refractivity contribution in [1.82, 2.24) is 9.78 Å². The van der Waals surface area contributed by atoms with Crippen molar-refractivity contribution < 1.29 is 14.3 Å². The number of fused-ring (bicyclic) bond motifs is 2. The molecule has 3 unspecified atom stereocenters. The van der Waals surface area contributed by atoms with E-state index in [1.165, 1.54) is 6.20 Å². The first-order chi connectivity index (χ1) is 9.20. The molecule has 6 heteroatoms. The van der Waals surface area contributed by atoms with Crippen LogP contribution in [0.2, 0.25) is 5.02 Å². The van der Waals surface area contributed by atoms with Crippen LogP contribution in [0.3, 0.4) is 0 Å². The first-order valence-electron chi connectivity index (χ1n) is 6.60. The highest BCUT2D eigenvalue weighted by molar-refractivity contribution is 6.33. The van der Waals surface area contributed by atoms with Crippen LogP contribution in [0.1, 0.15) is 29.8 Å². The Bertz CT molecular complexity index is 488. The van der Waals surface area contributed by atoms with Gasteiger partial charge in [-0.25, -0.2) is 0 Å². The van der Waals surface area contributed by atoms with Gasteiger partial charge in [-0.15, -0.1) is 0 Å². The number of carbonyl (C=O) groups excluding carboxylic acids is 1. The summed E-state index contributed by atoms with van der Waals surface area (Å²) in [4.78, 5) is 12.6. The maximum absolute atomic E-state index is 12.6. The van der Waals surface area contributed by atoms with Gasteiger partial charge in [-0.2, -0.15) is 5.10 Å². The molecule has 0 N–H and O–H groups in total. The summed E-state index contributed by atoms with van der Waals surface area (Å²) in [5.41, 5.74) is 0.500. The Kier molecular flexibility index (Phi) is 3.60. The van der Waals surface area contributed by atoms with Gasteiger partial charge in [0.1, 0.15) is 5.69 Å². The topological polar surface area (TPSA) is 53.4 Å². The predicted octanol–water partition coefficient (Wildman–Crippen LogP) is 1.93. The van der Waals surface area contributed by atoms with E-state index in [4.69, 9.17) is 21.1 Å². The molecule has 2 saturated heterocycles. The van der Waals surface area contributed by atoms with Crippen LogP contribution in [-0.4, -0.2) is 41.5 Å². The van der Waals surface area contributed by atoms with Gasteiger partial charge in [-0.05, 0) is 19.3 Å². The number of halogens is 1. The molecule has 0 spiro atoms. The Labute approximate surface area is 116 Å². The third-order valence-electron chi connectivity index (χ3n) is 3.98. The fraction of sp³-hybridized carbons (Fsp3) is 0.692. The van der Waals surface area contributed by atoms with Gasteiger partial charge in [-0.1, -0.05) is 11.6 Å². The molecule has 3 heterocycles. The lowest BCUT2D eigenvalue weighted by atomic mass is 9.85. The van der Waals surface area contributed by atoms with Crippen molar-refractivity contribution in [2.45, 2.75) is 38.0 Å². The average Bonchev–Trinajstić information content (AvgIpc) is 3.10. The maximum Gasteiger partial charge on any atom is 0.188 e. The van der Waals surface area contributed by atoms with Gasteiger partial charge in [-0.3, -0.25) is 9.48 Å². The Hall–Kier alpha value is -0.910. The fourth-order valence-electron chi connectivity index (χ4n) is 3.04. The minimum absolute atomic E-state index is 0.0609. The molecule has 19 heavy (non-hydrogen) atoms. The summed E-state index contributed by atoms with van der Waals surface area (Å²) in [6, 6.07) is 0. The van der Waals surface area contributed by atoms with Crippen LogP contribution in [0.5, 0.6) is 0 Å². The summed E-state index contributed by atoms with van der Waals surface area (Å²) in [5, 5.41) is 4.57. The Morgan fingerprint density at radius 2 is 2.47 bits per heavy atom. The second-order valence-corrected chi connectivity index (χ2v) is 5.54. The molecule has 0 radical (unpaired) electrons. The van der Waals surface area contributed by atoms with Crippen molar-refractivity contribution >= 4 is 17.4 Å². The smallest absolute Gasteiger partial charge is 0.188 e. The highest BCUT2D eigenvalue weighted by Crippen LogP contribution is 2.40. The van der Waals surface area contributed by atoms with E-state index in [0.717, 1.165) is 19.3 Å². The van der Waals surface area contributed by atoms with Gasteiger partial charge >= 0.3 is 0 Å². The van der Waals surface area contributed by atoms with E-state index >= 15 is 0 Å². The Morgan fingerprint density at radius 3 is 3.11 bits per heavy atom. The number of nitrogens with zero attached hydrogens (tertiary/aromatic N) is 2. The first-order valence-corrected chi connectivity index (χ1v) is 6.98. The summed E-state index contributed by atoms with van der Waals surface area (Å²) in [5.74, 6) is 0.0000444. The maximum atomic E-state index is 12.6. The summed E-state index contributed by atoms with van der Waals surface area (Å²) in [6.45, 7) is 1.04. The monoisotopic (exact) mass is 284 g/mol. The molecular formula is C13H17ClN2O3. The van der Waals surface area contributed by atoms with Crippen molar-refractivity contribution in [3.8, 4) is 0 Å². The molecule has 1 aromatic heterocycles. The Morgan fingerprint density at radius 1 is 1.63 bits per heavy atom. The van der Waals surface area contributed by atoms with Crippen LogP contribution in [0.15, 0.2) is 6.20 Å². The SMILES string of the molecule is COCCn1ncc(Cl)c1C(=O)C1CC2CCC1O2. The molecule has 3 atom stereocenters. The van der Waals surface area contributed by atoms with E-state index in [-0.39, 0.29) is 23.9 Å². The number of carbonyl (C=O) groups is 1.